The minimum absolute atomic E-state index is 0.355. The lowest BCUT2D eigenvalue weighted by Gasteiger charge is -2.36. The fourth-order valence-corrected chi connectivity index (χ4v) is 3.30. The van der Waals surface area contributed by atoms with Gasteiger partial charge in [-0.1, -0.05) is 13.8 Å². The lowest BCUT2D eigenvalue weighted by atomic mass is 9.89. The van der Waals surface area contributed by atoms with Gasteiger partial charge in [0.05, 0.1) is 6.04 Å². The summed E-state index contributed by atoms with van der Waals surface area (Å²) in [4.78, 5) is 10.2. The molecule has 4 nitrogen and oxygen atoms in total. The van der Waals surface area contributed by atoms with Crippen molar-refractivity contribution in [3.63, 3.8) is 0 Å². The number of H-pyrrole nitrogens is 1. The molecule has 1 aromatic heterocycles. The van der Waals surface area contributed by atoms with Gasteiger partial charge in [0.2, 0.25) is 0 Å². The zero-order valence-corrected chi connectivity index (χ0v) is 13.2. The molecular weight excluding hydrogens is 248 g/mol. The molecule has 1 fully saturated rings. The Morgan fingerprint density at radius 2 is 2.15 bits per heavy atom. The van der Waals surface area contributed by atoms with Crippen LogP contribution in [0, 0.1) is 5.92 Å². The summed E-state index contributed by atoms with van der Waals surface area (Å²) in [5.41, 5.74) is 0. The van der Waals surface area contributed by atoms with Crippen LogP contribution >= 0.6 is 0 Å². The monoisotopic (exact) mass is 278 g/mol. The highest BCUT2D eigenvalue weighted by molar-refractivity contribution is 4.96. The molecule has 2 rings (SSSR count). The summed E-state index contributed by atoms with van der Waals surface area (Å²) in [6.45, 7) is 10.6. The molecule has 0 saturated carbocycles. The molecule has 2 atom stereocenters. The highest BCUT2D eigenvalue weighted by atomic mass is 15.1. The molecule has 2 unspecified atom stereocenters. The van der Waals surface area contributed by atoms with Crippen LogP contribution in [0.3, 0.4) is 0 Å². The van der Waals surface area contributed by atoms with E-state index in [1.165, 1.54) is 38.9 Å². The normalized spacial score (nSPS) is 20.9. The van der Waals surface area contributed by atoms with Gasteiger partial charge in [0.1, 0.15) is 5.82 Å². The van der Waals surface area contributed by atoms with E-state index in [0.717, 1.165) is 18.2 Å². The molecule has 0 bridgehead atoms. The first-order chi connectivity index (χ1) is 9.74. The Labute approximate surface area is 123 Å². The van der Waals surface area contributed by atoms with Crippen LogP contribution in [0.25, 0.3) is 0 Å². The van der Waals surface area contributed by atoms with Gasteiger partial charge in [-0.25, -0.2) is 4.98 Å². The molecule has 2 heterocycles. The van der Waals surface area contributed by atoms with E-state index in [2.05, 4.69) is 41.0 Å². The van der Waals surface area contributed by atoms with Gasteiger partial charge in [0.25, 0.3) is 0 Å². The Balaban J connectivity index is 1.81. The molecule has 0 radical (unpaired) electrons. The molecule has 1 aliphatic rings. The summed E-state index contributed by atoms with van der Waals surface area (Å²) in [6, 6.07) is 0.919. The summed E-state index contributed by atoms with van der Waals surface area (Å²) in [5, 5.41) is 3.77. The first-order valence-electron chi connectivity index (χ1n) is 8.22. The predicted octanol–water partition coefficient (Wildman–Crippen LogP) is 2.96. The van der Waals surface area contributed by atoms with Crippen molar-refractivity contribution in [3.05, 3.63) is 18.2 Å². The van der Waals surface area contributed by atoms with E-state index in [0.29, 0.717) is 12.1 Å². The van der Waals surface area contributed by atoms with Gasteiger partial charge in [-0.3, -0.25) is 0 Å². The fraction of sp³-hybridized carbons (Fsp3) is 0.812. The summed E-state index contributed by atoms with van der Waals surface area (Å²) < 4.78 is 0. The number of aromatic amines is 1. The van der Waals surface area contributed by atoms with Gasteiger partial charge in [-0.15, -0.1) is 0 Å². The molecule has 0 aliphatic carbocycles. The molecule has 4 heteroatoms. The molecule has 0 aromatic carbocycles. The molecule has 0 amide bonds. The summed E-state index contributed by atoms with van der Waals surface area (Å²) in [6.07, 6.45) is 8.74. The van der Waals surface area contributed by atoms with Crippen molar-refractivity contribution in [2.24, 2.45) is 5.92 Å². The number of hydrogen-bond donors (Lipinski definition) is 2. The third kappa shape index (κ3) is 4.06. The Morgan fingerprint density at radius 1 is 1.40 bits per heavy atom. The minimum atomic E-state index is 0.355. The van der Waals surface area contributed by atoms with Crippen LogP contribution in [-0.4, -0.2) is 40.5 Å². The number of hydrogen-bond acceptors (Lipinski definition) is 3. The second-order valence-corrected chi connectivity index (χ2v) is 6.07. The van der Waals surface area contributed by atoms with E-state index in [1.54, 1.807) is 0 Å². The number of imidazole rings is 1. The first kappa shape index (κ1) is 15.5. The fourth-order valence-electron chi connectivity index (χ4n) is 3.30. The maximum Gasteiger partial charge on any atom is 0.123 e. The second-order valence-electron chi connectivity index (χ2n) is 6.07. The summed E-state index contributed by atoms with van der Waals surface area (Å²) in [5.74, 6) is 1.87. The SMILES string of the molecule is CCCN1CCC(C(C)NC(CC)c2ncc[nH]2)CC1. The summed E-state index contributed by atoms with van der Waals surface area (Å²) >= 11 is 0. The van der Waals surface area contributed by atoms with E-state index in [4.69, 9.17) is 0 Å². The van der Waals surface area contributed by atoms with Crippen LogP contribution in [0.5, 0.6) is 0 Å². The molecule has 114 valence electrons. The van der Waals surface area contributed by atoms with E-state index in [1.807, 2.05) is 12.4 Å². The third-order valence-corrected chi connectivity index (χ3v) is 4.60. The highest BCUT2D eigenvalue weighted by Gasteiger charge is 2.25. The molecule has 0 spiro atoms. The van der Waals surface area contributed by atoms with Crippen molar-refractivity contribution in [1.82, 2.24) is 20.2 Å². The van der Waals surface area contributed by atoms with Crippen molar-refractivity contribution in [2.45, 2.75) is 58.5 Å². The predicted molar refractivity (Wildman–Crippen MR) is 83.7 cm³/mol. The van der Waals surface area contributed by atoms with Gasteiger partial charge in [-0.05, 0) is 58.2 Å². The Hall–Kier alpha value is -0.870. The first-order valence-corrected chi connectivity index (χ1v) is 8.22. The minimum Gasteiger partial charge on any atom is -0.347 e. The van der Waals surface area contributed by atoms with E-state index >= 15 is 0 Å². The standard InChI is InChI=1S/C16H30N4/c1-4-10-20-11-6-14(7-12-20)13(3)19-15(5-2)16-17-8-9-18-16/h8-9,13-15,19H,4-7,10-12H2,1-3H3,(H,17,18). The lowest BCUT2D eigenvalue weighted by molar-refractivity contribution is 0.157. The average molecular weight is 278 g/mol. The third-order valence-electron chi connectivity index (χ3n) is 4.60. The van der Waals surface area contributed by atoms with Gasteiger partial charge >= 0.3 is 0 Å². The zero-order chi connectivity index (χ0) is 14.4. The van der Waals surface area contributed by atoms with Crippen LogP contribution in [0.2, 0.25) is 0 Å². The number of rotatable bonds is 7. The van der Waals surface area contributed by atoms with Crippen molar-refractivity contribution in [2.75, 3.05) is 19.6 Å². The molecule has 1 saturated heterocycles. The van der Waals surface area contributed by atoms with Gasteiger partial charge < -0.3 is 15.2 Å². The van der Waals surface area contributed by atoms with E-state index in [9.17, 15) is 0 Å². The number of aromatic nitrogens is 2. The second kappa shape index (κ2) is 7.79. The van der Waals surface area contributed by atoms with Crippen LogP contribution in [0.4, 0.5) is 0 Å². The maximum absolute atomic E-state index is 4.40. The zero-order valence-electron chi connectivity index (χ0n) is 13.2. The van der Waals surface area contributed by atoms with Crippen molar-refractivity contribution < 1.29 is 0 Å². The van der Waals surface area contributed by atoms with E-state index < -0.39 is 0 Å². The number of piperidine rings is 1. The molecular formula is C16H30N4. The topological polar surface area (TPSA) is 44.0 Å². The quantitative estimate of drug-likeness (QED) is 0.806. The lowest BCUT2D eigenvalue weighted by Crippen LogP contribution is -2.43. The van der Waals surface area contributed by atoms with E-state index in [-0.39, 0.29) is 0 Å². The molecule has 1 aromatic rings. The molecule has 2 N–H and O–H groups in total. The maximum atomic E-state index is 4.40. The smallest absolute Gasteiger partial charge is 0.123 e. The largest absolute Gasteiger partial charge is 0.347 e. The van der Waals surface area contributed by atoms with Gasteiger partial charge in [0.15, 0.2) is 0 Å². The summed E-state index contributed by atoms with van der Waals surface area (Å²) in [7, 11) is 0. The Morgan fingerprint density at radius 3 is 2.70 bits per heavy atom. The highest BCUT2D eigenvalue weighted by Crippen LogP contribution is 2.23. The average Bonchev–Trinajstić information content (AvgIpc) is 2.99. The van der Waals surface area contributed by atoms with Crippen LogP contribution in [0.15, 0.2) is 12.4 Å². The Bertz CT molecular complexity index is 355. The van der Waals surface area contributed by atoms with Crippen LogP contribution < -0.4 is 5.32 Å². The van der Waals surface area contributed by atoms with Gasteiger partial charge in [0, 0.05) is 18.4 Å². The molecule has 1 aliphatic heterocycles. The number of nitrogens with one attached hydrogen (secondary N) is 2. The molecule has 20 heavy (non-hydrogen) atoms. The number of nitrogens with zero attached hydrogens (tertiary/aromatic N) is 2. The van der Waals surface area contributed by atoms with Crippen LogP contribution in [-0.2, 0) is 0 Å². The van der Waals surface area contributed by atoms with Gasteiger partial charge in [-0.2, -0.15) is 0 Å². The number of likely N-dealkylation sites (tertiary alicyclic amines) is 1. The Kier molecular flexibility index (Phi) is 6.05. The van der Waals surface area contributed by atoms with Crippen molar-refractivity contribution in [1.29, 1.82) is 0 Å². The van der Waals surface area contributed by atoms with Crippen molar-refractivity contribution in [3.8, 4) is 0 Å². The van der Waals surface area contributed by atoms with Crippen LogP contribution in [0.1, 0.15) is 58.3 Å². The van der Waals surface area contributed by atoms with Crippen molar-refractivity contribution >= 4 is 0 Å².